The third-order valence-electron chi connectivity index (χ3n) is 5.69. The van der Waals surface area contributed by atoms with Gasteiger partial charge in [-0.1, -0.05) is 36.4 Å². The van der Waals surface area contributed by atoms with Gasteiger partial charge in [0, 0.05) is 0 Å². The summed E-state index contributed by atoms with van der Waals surface area (Å²) in [6.45, 7) is 0. The second-order valence-corrected chi connectivity index (χ2v) is 8.02. The van der Waals surface area contributed by atoms with E-state index in [0.29, 0.717) is 28.0 Å². The Morgan fingerprint density at radius 2 is 1.19 bits per heavy atom. The van der Waals surface area contributed by atoms with Crippen molar-refractivity contribution < 1.29 is 8.83 Å². The molecule has 0 fully saturated rings. The SMILES string of the molecule is N#CC(c1nc(-c2nc3ccccc3o2)nc(-c2nc3ccccc3o2)n1)c1nc2ccccc2[nH]1. The van der Waals surface area contributed by atoms with Crippen molar-refractivity contribution in [1.29, 1.82) is 5.26 Å². The summed E-state index contributed by atoms with van der Waals surface area (Å²) in [7, 11) is 0. The van der Waals surface area contributed by atoms with E-state index in [1.54, 1.807) is 0 Å². The number of rotatable bonds is 4. The van der Waals surface area contributed by atoms with Crippen molar-refractivity contribution in [2.45, 2.75) is 5.92 Å². The fourth-order valence-electron chi connectivity index (χ4n) is 4.00. The molecule has 0 spiro atoms. The highest BCUT2D eigenvalue weighted by Crippen LogP contribution is 2.29. The molecule has 4 heterocycles. The van der Waals surface area contributed by atoms with E-state index in [9.17, 15) is 5.26 Å². The van der Waals surface area contributed by atoms with E-state index < -0.39 is 5.92 Å². The third-order valence-corrected chi connectivity index (χ3v) is 5.69. The van der Waals surface area contributed by atoms with Gasteiger partial charge in [-0.2, -0.15) is 10.2 Å². The number of oxazole rings is 2. The van der Waals surface area contributed by atoms with Gasteiger partial charge in [0.15, 0.2) is 22.9 Å². The van der Waals surface area contributed by atoms with Crippen molar-refractivity contribution in [2.24, 2.45) is 0 Å². The minimum absolute atomic E-state index is 0.157. The largest absolute Gasteiger partial charge is 0.434 e. The minimum atomic E-state index is -0.911. The lowest BCUT2D eigenvalue weighted by atomic mass is 10.1. The van der Waals surface area contributed by atoms with E-state index in [-0.39, 0.29) is 29.3 Å². The normalized spacial score (nSPS) is 12.3. The van der Waals surface area contributed by atoms with Gasteiger partial charge in [-0.05, 0) is 36.4 Å². The first-order valence-corrected chi connectivity index (χ1v) is 11.1. The van der Waals surface area contributed by atoms with Gasteiger partial charge in [0.2, 0.25) is 11.6 Å². The van der Waals surface area contributed by atoms with Gasteiger partial charge >= 0.3 is 0 Å². The molecule has 1 atom stereocenters. The summed E-state index contributed by atoms with van der Waals surface area (Å²) in [5.74, 6) is 0.372. The maximum absolute atomic E-state index is 10.1. The van der Waals surface area contributed by atoms with Crippen LogP contribution in [-0.4, -0.2) is 34.9 Å². The van der Waals surface area contributed by atoms with Crippen molar-refractivity contribution in [3.8, 4) is 29.5 Å². The molecule has 10 heteroatoms. The van der Waals surface area contributed by atoms with Crippen LogP contribution in [0, 0.1) is 11.3 Å². The molecule has 0 bridgehead atoms. The summed E-state index contributed by atoms with van der Waals surface area (Å²) in [6, 6.07) is 24.5. The fourth-order valence-corrected chi connectivity index (χ4v) is 4.00. The van der Waals surface area contributed by atoms with Gasteiger partial charge in [0.25, 0.3) is 11.8 Å². The summed E-state index contributed by atoms with van der Waals surface area (Å²) in [5, 5.41) is 10.1. The zero-order valence-electron chi connectivity index (χ0n) is 18.5. The molecule has 7 aromatic rings. The van der Waals surface area contributed by atoms with Crippen LogP contribution < -0.4 is 0 Å². The molecule has 3 aromatic carbocycles. The molecule has 0 aliphatic heterocycles. The summed E-state index contributed by atoms with van der Waals surface area (Å²) >= 11 is 0. The zero-order chi connectivity index (χ0) is 24.1. The highest BCUT2D eigenvalue weighted by Gasteiger charge is 2.26. The Hall–Kier alpha value is -5.43. The van der Waals surface area contributed by atoms with Gasteiger partial charge in [-0.15, -0.1) is 0 Å². The summed E-state index contributed by atoms with van der Waals surface area (Å²) in [5.41, 5.74) is 4.04. The molecular formula is C26H14N8O2. The molecule has 1 N–H and O–H groups in total. The number of benzene rings is 3. The van der Waals surface area contributed by atoms with E-state index in [4.69, 9.17) is 8.83 Å². The molecule has 0 amide bonds. The number of para-hydroxylation sites is 6. The monoisotopic (exact) mass is 470 g/mol. The Labute approximate surface area is 202 Å². The molecule has 10 nitrogen and oxygen atoms in total. The van der Waals surface area contributed by atoms with Gasteiger partial charge in [0.05, 0.1) is 17.1 Å². The average molecular weight is 470 g/mol. The molecule has 0 saturated carbocycles. The first-order chi connectivity index (χ1) is 17.7. The van der Waals surface area contributed by atoms with Gasteiger partial charge < -0.3 is 13.8 Å². The summed E-state index contributed by atoms with van der Waals surface area (Å²) in [6.07, 6.45) is 0. The number of hydrogen-bond acceptors (Lipinski definition) is 9. The molecule has 0 radical (unpaired) electrons. The summed E-state index contributed by atoms with van der Waals surface area (Å²) in [4.78, 5) is 30.5. The first-order valence-electron chi connectivity index (χ1n) is 11.1. The molecule has 0 aliphatic rings. The number of nitrogens with zero attached hydrogens (tertiary/aromatic N) is 7. The minimum Gasteiger partial charge on any atom is -0.434 e. The van der Waals surface area contributed by atoms with Gasteiger partial charge in [0.1, 0.15) is 16.9 Å². The third kappa shape index (κ3) is 3.26. The lowest BCUT2D eigenvalue weighted by molar-refractivity contribution is 0.601. The second kappa shape index (κ2) is 7.82. The molecule has 36 heavy (non-hydrogen) atoms. The standard InChI is InChI=1S/C26H14N8O2/c27-13-14(21-28-15-7-1-2-8-16(15)29-21)22-32-23(25-30-17-9-3-5-11-19(17)35-25)34-24(33-22)26-31-18-10-4-6-12-20(18)36-26/h1-12,14H,(H,28,29). The first kappa shape index (κ1) is 20.0. The van der Waals surface area contributed by atoms with E-state index in [1.165, 1.54) is 0 Å². The molecule has 1 unspecified atom stereocenters. The van der Waals surface area contributed by atoms with Crippen molar-refractivity contribution >= 4 is 33.2 Å². The number of fused-ring (bicyclic) bond motifs is 3. The van der Waals surface area contributed by atoms with E-state index >= 15 is 0 Å². The van der Waals surface area contributed by atoms with Gasteiger partial charge in [-0.3, -0.25) is 0 Å². The van der Waals surface area contributed by atoms with Crippen LogP contribution in [0.2, 0.25) is 0 Å². The van der Waals surface area contributed by atoms with E-state index in [2.05, 4.69) is 41.0 Å². The Balaban J connectivity index is 1.43. The van der Waals surface area contributed by atoms with Crippen LogP contribution in [-0.2, 0) is 0 Å². The number of aromatic amines is 1. The molecule has 4 aromatic heterocycles. The van der Waals surface area contributed by atoms with Crippen LogP contribution in [0.15, 0.2) is 81.6 Å². The molecule has 0 saturated heterocycles. The second-order valence-electron chi connectivity index (χ2n) is 8.02. The number of H-pyrrole nitrogens is 1. The molecular weight excluding hydrogens is 456 g/mol. The Bertz CT molecular complexity index is 1750. The lowest BCUT2D eigenvalue weighted by Gasteiger charge is -2.07. The van der Waals surface area contributed by atoms with Crippen molar-refractivity contribution in [2.75, 3.05) is 0 Å². The predicted molar refractivity (Wildman–Crippen MR) is 129 cm³/mol. The lowest BCUT2D eigenvalue weighted by Crippen LogP contribution is -2.10. The quantitative estimate of drug-likeness (QED) is 0.375. The van der Waals surface area contributed by atoms with Crippen molar-refractivity contribution in [1.82, 2.24) is 34.9 Å². The Morgan fingerprint density at radius 3 is 1.75 bits per heavy atom. The Kier molecular flexibility index (Phi) is 4.34. The number of nitriles is 1. The van der Waals surface area contributed by atoms with Crippen molar-refractivity contribution in [3.05, 3.63) is 84.4 Å². The maximum atomic E-state index is 10.1. The topological polar surface area (TPSA) is 143 Å². The average Bonchev–Trinajstić information content (AvgIpc) is 3.65. The van der Waals surface area contributed by atoms with Crippen LogP contribution in [0.5, 0.6) is 0 Å². The van der Waals surface area contributed by atoms with Crippen LogP contribution >= 0.6 is 0 Å². The number of hydrogen-bond donors (Lipinski definition) is 1. The summed E-state index contributed by atoms with van der Waals surface area (Å²) < 4.78 is 11.8. The zero-order valence-corrected chi connectivity index (χ0v) is 18.5. The number of nitrogens with one attached hydrogen (secondary N) is 1. The van der Waals surface area contributed by atoms with E-state index in [1.807, 2.05) is 72.8 Å². The van der Waals surface area contributed by atoms with Crippen LogP contribution in [0.25, 0.3) is 56.7 Å². The number of aromatic nitrogens is 7. The molecule has 0 aliphatic carbocycles. The van der Waals surface area contributed by atoms with Crippen LogP contribution in [0.3, 0.4) is 0 Å². The van der Waals surface area contributed by atoms with Gasteiger partial charge in [-0.25, -0.2) is 24.9 Å². The number of imidazole rings is 1. The maximum Gasteiger partial charge on any atom is 0.266 e. The van der Waals surface area contributed by atoms with Crippen LogP contribution in [0.4, 0.5) is 0 Å². The van der Waals surface area contributed by atoms with Crippen molar-refractivity contribution in [3.63, 3.8) is 0 Å². The molecule has 7 rings (SSSR count). The van der Waals surface area contributed by atoms with E-state index in [0.717, 1.165) is 11.0 Å². The smallest absolute Gasteiger partial charge is 0.266 e. The highest BCUT2D eigenvalue weighted by molar-refractivity contribution is 5.77. The highest BCUT2D eigenvalue weighted by atomic mass is 16.4. The Morgan fingerprint density at radius 1 is 0.639 bits per heavy atom. The predicted octanol–water partition coefficient (Wildman–Crippen LogP) is 5.02. The molecule has 170 valence electrons. The van der Waals surface area contributed by atoms with Crippen LogP contribution in [0.1, 0.15) is 17.6 Å². The fraction of sp³-hybridized carbons (Fsp3) is 0.0385.